The molecular formula is C16H19N5O3. The van der Waals surface area contributed by atoms with Gasteiger partial charge in [0.1, 0.15) is 5.54 Å². The van der Waals surface area contributed by atoms with Crippen molar-refractivity contribution in [1.82, 2.24) is 15.8 Å². The van der Waals surface area contributed by atoms with E-state index in [0.29, 0.717) is 24.1 Å². The Morgan fingerprint density at radius 3 is 2.62 bits per heavy atom. The maximum absolute atomic E-state index is 12.7. The summed E-state index contributed by atoms with van der Waals surface area (Å²) < 4.78 is 5.42. The Kier molecular flexibility index (Phi) is 4.13. The molecule has 3 N–H and O–H groups in total. The summed E-state index contributed by atoms with van der Waals surface area (Å²) in [4.78, 5) is 24.9. The number of hydrogen-bond acceptors (Lipinski definition) is 5. The van der Waals surface area contributed by atoms with E-state index in [1.54, 1.807) is 24.3 Å². The summed E-state index contributed by atoms with van der Waals surface area (Å²) in [5, 5.41) is 15.9. The number of epoxide rings is 1. The van der Waals surface area contributed by atoms with Crippen molar-refractivity contribution in [3.63, 3.8) is 0 Å². The lowest BCUT2D eigenvalue weighted by Gasteiger charge is -2.38. The zero-order valence-electron chi connectivity index (χ0n) is 13.5. The third-order valence-electron chi connectivity index (χ3n) is 4.47. The molecule has 0 spiro atoms. The number of ether oxygens (including phenoxy) is 1. The van der Waals surface area contributed by atoms with Gasteiger partial charge in [-0.1, -0.05) is 13.8 Å². The Morgan fingerprint density at radius 1 is 1.38 bits per heavy atom. The van der Waals surface area contributed by atoms with Crippen LogP contribution in [0.4, 0.5) is 10.5 Å². The molecule has 24 heavy (non-hydrogen) atoms. The van der Waals surface area contributed by atoms with Crippen molar-refractivity contribution in [2.45, 2.75) is 44.7 Å². The normalized spacial score (nSPS) is 23.9. The average Bonchev–Trinajstić information content (AvgIpc) is 3.37. The van der Waals surface area contributed by atoms with E-state index < -0.39 is 17.8 Å². The molecule has 0 radical (unpaired) electrons. The van der Waals surface area contributed by atoms with Gasteiger partial charge in [-0.3, -0.25) is 10.1 Å². The van der Waals surface area contributed by atoms with Gasteiger partial charge in [-0.2, -0.15) is 5.26 Å². The number of nitriles is 1. The molecular weight excluding hydrogens is 310 g/mol. The maximum Gasteiger partial charge on any atom is 0.338 e. The molecule has 0 aromatic heterocycles. The fraction of sp³-hybridized carbons (Fsp3) is 0.438. The number of fused-ring (bicyclic) bond motifs is 1. The van der Waals surface area contributed by atoms with Gasteiger partial charge in [0, 0.05) is 5.69 Å². The molecule has 126 valence electrons. The molecule has 1 aromatic carbocycles. The van der Waals surface area contributed by atoms with Gasteiger partial charge >= 0.3 is 6.03 Å². The van der Waals surface area contributed by atoms with E-state index in [-0.39, 0.29) is 12.1 Å². The minimum Gasteiger partial charge on any atom is -0.329 e. The Balaban J connectivity index is 1.67. The van der Waals surface area contributed by atoms with Gasteiger partial charge in [0.2, 0.25) is 0 Å². The summed E-state index contributed by atoms with van der Waals surface area (Å²) in [6.07, 6.45) is 0.475. The molecule has 2 fully saturated rings. The van der Waals surface area contributed by atoms with E-state index in [4.69, 9.17) is 10.00 Å². The predicted octanol–water partition coefficient (Wildman–Crippen LogP) is 1.27. The zero-order valence-corrected chi connectivity index (χ0v) is 13.5. The van der Waals surface area contributed by atoms with Gasteiger partial charge in [-0.25, -0.2) is 15.2 Å². The van der Waals surface area contributed by atoms with Crippen molar-refractivity contribution < 1.29 is 14.3 Å². The molecule has 2 atom stereocenters. The predicted molar refractivity (Wildman–Crippen MR) is 85.3 cm³/mol. The highest BCUT2D eigenvalue weighted by molar-refractivity contribution is 5.93. The monoisotopic (exact) mass is 329 g/mol. The molecule has 2 saturated heterocycles. The Hall–Kier alpha value is -2.63. The number of amides is 3. The second kappa shape index (κ2) is 6.11. The largest absolute Gasteiger partial charge is 0.338 e. The lowest BCUT2D eigenvalue weighted by Crippen LogP contribution is -2.67. The van der Waals surface area contributed by atoms with Crippen molar-refractivity contribution >= 4 is 17.6 Å². The van der Waals surface area contributed by atoms with Crippen LogP contribution < -0.4 is 16.1 Å². The van der Waals surface area contributed by atoms with E-state index in [1.807, 2.05) is 19.9 Å². The van der Waals surface area contributed by atoms with Crippen molar-refractivity contribution in [3.05, 3.63) is 29.8 Å². The van der Waals surface area contributed by atoms with Gasteiger partial charge in [0.25, 0.3) is 5.91 Å². The third kappa shape index (κ3) is 2.79. The first-order chi connectivity index (χ1) is 11.5. The van der Waals surface area contributed by atoms with Crippen LogP contribution in [0, 0.1) is 11.3 Å². The quantitative estimate of drug-likeness (QED) is 0.721. The number of carbonyl (C=O) groups is 2. The minimum atomic E-state index is -0.723. The first-order valence-electron chi connectivity index (χ1n) is 7.87. The number of piperazine rings is 1. The van der Waals surface area contributed by atoms with E-state index in [2.05, 4.69) is 16.1 Å². The van der Waals surface area contributed by atoms with Crippen LogP contribution in [0.25, 0.3) is 0 Å². The highest BCUT2D eigenvalue weighted by Crippen LogP contribution is 2.35. The van der Waals surface area contributed by atoms with Crippen LogP contribution in [0.15, 0.2) is 24.3 Å². The number of hydrogen-bond donors (Lipinski definition) is 3. The third-order valence-corrected chi connectivity index (χ3v) is 4.47. The van der Waals surface area contributed by atoms with E-state index in [9.17, 15) is 9.59 Å². The summed E-state index contributed by atoms with van der Waals surface area (Å²) in [5.41, 5.74) is 2.87. The van der Waals surface area contributed by atoms with Crippen LogP contribution in [-0.2, 0) is 9.53 Å². The summed E-state index contributed by atoms with van der Waals surface area (Å²) in [5.74, 6) is -0.207. The molecule has 1 aromatic rings. The SMILES string of the molecule is CCC1(CC)NC2OC2N(NC(=O)Nc2ccc(C#N)cc2)C1=O. The van der Waals surface area contributed by atoms with Crippen LogP contribution >= 0.6 is 0 Å². The maximum atomic E-state index is 12.7. The lowest BCUT2D eigenvalue weighted by molar-refractivity contribution is -0.145. The molecule has 3 rings (SSSR count). The number of urea groups is 1. The zero-order chi connectivity index (χ0) is 17.3. The first-order valence-corrected chi connectivity index (χ1v) is 7.87. The summed E-state index contributed by atoms with van der Waals surface area (Å²) >= 11 is 0. The number of benzene rings is 1. The second-order valence-electron chi connectivity index (χ2n) is 5.81. The highest BCUT2D eigenvalue weighted by atomic mass is 16.6. The lowest BCUT2D eigenvalue weighted by atomic mass is 9.90. The fourth-order valence-electron chi connectivity index (χ4n) is 2.85. The van der Waals surface area contributed by atoms with Crippen molar-refractivity contribution in [2.24, 2.45) is 0 Å². The Morgan fingerprint density at radius 2 is 2.04 bits per heavy atom. The van der Waals surface area contributed by atoms with Crippen LogP contribution in [0.2, 0.25) is 0 Å². The Labute approximate surface area is 139 Å². The molecule has 0 saturated carbocycles. The number of nitrogens with zero attached hydrogens (tertiary/aromatic N) is 2. The average molecular weight is 329 g/mol. The molecule has 2 unspecified atom stereocenters. The molecule has 2 heterocycles. The summed E-state index contributed by atoms with van der Waals surface area (Å²) in [7, 11) is 0. The van der Waals surface area contributed by atoms with E-state index in [0.717, 1.165) is 0 Å². The minimum absolute atomic E-state index is 0.207. The molecule has 8 heteroatoms. The van der Waals surface area contributed by atoms with Crippen LogP contribution in [0.1, 0.15) is 32.3 Å². The van der Waals surface area contributed by atoms with Crippen molar-refractivity contribution in [1.29, 1.82) is 5.26 Å². The molecule has 0 bridgehead atoms. The molecule has 0 aliphatic carbocycles. The van der Waals surface area contributed by atoms with Gasteiger partial charge in [0.05, 0.1) is 11.6 Å². The first kappa shape index (κ1) is 16.2. The fourth-order valence-corrected chi connectivity index (χ4v) is 2.85. The highest BCUT2D eigenvalue weighted by Gasteiger charge is 2.59. The van der Waals surface area contributed by atoms with Gasteiger partial charge in [-0.15, -0.1) is 0 Å². The van der Waals surface area contributed by atoms with Crippen LogP contribution in [-0.4, -0.2) is 34.9 Å². The van der Waals surface area contributed by atoms with Gasteiger partial charge < -0.3 is 10.1 Å². The molecule has 2 aliphatic rings. The standard InChI is InChI=1S/C16H19N5O3/c1-3-16(4-2)14(22)21(13-12(19-16)24-13)20-15(23)18-11-7-5-10(9-17)6-8-11/h5-8,12-13,19H,3-4H2,1-2H3,(H2,18,20,23). The van der Waals surface area contributed by atoms with Gasteiger partial charge in [-0.05, 0) is 37.1 Å². The number of hydrazine groups is 1. The van der Waals surface area contributed by atoms with Crippen molar-refractivity contribution in [2.75, 3.05) is 5.32 Å². The Bertz CT molecular complexity index is 693. The van der Waals surface area contributed by atoms with E-state index in [1.165, 1.54) is 5.01 Å². The van der Waals surface area contributed by atoms with Crippen LogP contribution in [0.3, 0.4) is 0 Å². The van der Waals surface area contributed by atoms with Crippen molar-refractivity contribution in [3.8, 4) is 6.07 Å². The van der Waals surface area contributed by atoms with Crippen LogP contribution in [0.5, 0.6) is 0 Å². The molecule has 3 amide bonds. The summed E-state index contributed by atoms with van der Waals surface area (Å²) in [6, 6.07) is 7.92. The molecule has 2 aliphatic heterocycles. The topological polar surface area (TPSA) is 110 Å². The summed E-state index contributed by atoms with van der Waals surface area (Å²) in [6.45, 7) is 3.85. The smallest absolute Gasteiger partial charge is 0.329 e. The van der Waals surface area contributed by atoms with E-state index >= 15 is 0 Å². The molecule has 8 nitrogen and oxygen atoms in total. The number of anilines is 1. The number of nitrogens with one attached hydrogen (secondary N) is 3. The second-order valence-corrected chi connectivity index (χ2v) is 5.81. The number of carbonyl (C=O) groups excluding carboxylic acids is 2. The number of rotatable bonds is 4. The van der Waals surface area contributed by atoms with Gasteiger partial charge in [0.15, 0.2) is 12.5 Å².